The van der Waals surface area contributed by atoms with Crippen molar-refractivity contribution in [3.8, 4) is 11.1 Å². The summed E-state index contributed by atoms with van der Waals surface area (Å²) in [6.45, 7) is 1.75. The molecule has 0 aliphatic heterocycles. The van der Waals surface area contributed by atoms with Crippen molar-refractivity contribution in [1.29, 1.82) is 0 Å². The number of aryl methyl sites for hydroxylation is 1. The molecule has 0 bridgehead atoms. The molecule has 0 aliphatic carbocycles. The molecule has 0 saturated carbocycles. The number of nitrogens with two attached hydrogens (primary N) is 1. The molecule has 2 N–H and O–H groups in total. The van der Waals surface area contributed by atoms with Crippen LogP contribution in [0.4, 0.5) is 5.88 Å². The van der Waals surface area contributed by atoms with E-state index in [0.29, 0.717) is 16.7 Å². The summed E-state index contributed by atoms with van der Waals surface area (Å²) in [5.74, 6) is 0.174. The maximum absolute atomic E-state index is 11.6. The third kappa shape index (κ3) is 2.16. The third-order valence-corrected chi connectivity index (χ3v) is 3.74. The second kappa shape index (κ2) is 3.89. The lowest BCUT2D eigenvalue weighted by Gasteiger charge is -2.06. The number of rotatable bonds is 2. The van der Waals surface area contributed by atoms with E-state index in [9.17, 15) is 8.42 Å². The molecule has 0 radical (unpaired) electrons. The van der Waals surface area contributed by atoms with Gasteiger partial charge in [-0.25, -0.2) is 8.42 Å². The fraction of sp³-hybridized carbons (Fsp3) is 0.182. The van der Waals surface area contributed by atoms with Crippen molar-refractivity contribution in [1.82, 2.24) is 5.16 Å². The summed E-state index contributed by atoms with van der Waals surface area (Å²) < 4.78 is 27.9. The minimum absolute atomic E-state index is 0.174. The molecule has 0 saturated heterocycles. The lowest BCUT2D eigenvalue weighted by molar-refractivity contribution is 0.436. The summed E-state index contributed by atoms with van der Waals surface area (Å²) in [6.07, 6.45) is 2.64. The Hall–Kier alpha value is -1.82. The molecule has 1 heterocycles. The smallest absolute Gasteiger partial charge is 0.229 e. The van der Waals surface area contributed by atoms with Gasteiger partial charge >= 0.3 is 0 Å². The molecule has 2 rings (SSSR count). The fourth-order valence-corrected chi connectivity index (χ4v) is 2.63. The van der Waals surface area contributed by atoms with Gasteiger partial charge in [-0.15, -0.1) is 0 Å². The van der Waals surface area contributed by atoms with Crippen LogP contribution in [0, 0.1) is 6.92 Å². The van der Waals surface area contributed by atoms with E-state index in [0.717, 1.165) is 0 Å². The SMILES string of the molecule is Cc1ccc(-c2cnoc2N)cc1S(C)(=O)=O. The Bertz CT molecular complexity index is 659. The quantitative estimate of drug-likeness (QED) is 0.878. The van der Waals surface area contributed by atoms with Gasteiger partial charge < -0.3 is 10.3 Å². The Morgan fingerprint density at radius 1 is 1.35 bits per heavy atom. The summed E-state index contributed by atoms with van der Waals surface area (Å²) >= 11 is 0. The highest BCUT2D eigenvalue weighted by atomic mass is 32.2. The van der Waals surface area contributed by atoms with Gasteiger partial charge in [-0.3, -0.25) is 0 Å². The van der Waals surface area contributed by atoms with Gasteiger partial charge in [0.1, 0.15) is 0 Å². The van der Waals surface area contributed by atoms with Gasteiger partial charge in [-0.2, -0.15) is 0 Å². The van der Waals surface area contributed by atoms with Gasteiger partial charge in [-0.05, 0) is 24.1 Å². The fourth-order valence-electron chi connectivity index (χ4n) is 1.63. The molecule has 2 aromatic rings. The van der Waals surface area contributed by atoms with Gasteiger partial charge in [0.15, 0.2) is 9.84 Å². The largest absolute Gasteiger partial charge is 0.367 e. The summed E-state index contributed by atoms with van der Waals surface area (Å²) in [4.78, 5) is 0.288. The summed E-state index contributed by atoms with van der Waals surface area (Å²) in [5, 5.41) is 3.56. The molecule has 1 aromatic heterocycles. The van der Waals surface area contributed by atoms with Crippen molar-refractivity contribution < 1.29 is 12.9 Å². The number of aromatic nitrogens is 1. The first-order valence-corrected chi connectivity index (χ1v) is 6.80. The van der Waals surface area contributed by atoms with Crippen molar-refractivity contribution in [2.75, 3.05) is 12.0 Å². The zero-order chi connectivity index (χ0) is 12.6. The molecule has 17 heavy (non-hydrogen) atoms. The van der Waals surface area contributed by atoms with E-state index < -0.39 is 9.84 Å². The second-order valence-electron chi connectivity index (χ2n) is 3.86. The number of hydrogen-bond donors (Lipinski definition) is 1. The lowest BCUT2D eigenvalue weighted by atomic mass is 10.1. The maximum Gasteiger partial charge on any atom is 0.229 e. The molecular formula is C11H12N2O3S. The van der Waals surface area contributed by atoms with E-state index in [2.05, 4.69) is 5.16 Å². The molecule has 0 aliphatic rings. The number of benzene rings is 1. The Morgan fingerprint density at radius 2 is 2.06 bits per heavy atom. The topological polar surface area (TPSA) is 86.2 Å². The highest BCUT2D eigenvalue weighted by Gasteiger charge is 2.14. The van der Waals surface area contributed by atoms with E-state index in [4.69, 9.17) is 10.3 Å². The van der Waals surface area contributed by atoms with Gasteiger partial charge in [0.05, 0.1) is 16.7 Å². The van der Waals surface area contributed by atoms with Crippen LogP contribution in [0.15, 0.2) is 33.8 Å². The van der Waals surface area contributed by atoms with Crippen LogP contribution in [0.2, 0.25) is 0 Å². The average molecular weight is 252 g/mol. The van der Waals surface area contributed by atoms with E-state index in [1.807, 2.05) is 0 Å². The zero-order valence-electron chi connectivity index (χ0n) is 9.47. The Morgan fingerprint density at radius 3 is 2.59 bits per heavy atom. The van der Waals surface area contributed by atoms with Crippen molar-refractivity contribution in [3.63, 3.8) is 0 Å². The van der Waals surface area contributed by atoms with Gasteiger partial charge in [0.2, 0.25) is 5.88 Å². The molecule has 0 atom stereocenters. The van der Waals surface area contributed by atoms with Gasteiger partial charge in [0.25, 0.3) is 0 Å². The van der Waals surface area contributed by atoms with Crippen molar-refractivity contribution in [2.24, 2.45) is 0 Å². The van der Waals surface area contributed by atoms with Crippen LogP contribution in [0.3, 0.4) is 0 Å². The number of sulfone groups is 1. The predicted octanol–water partition coefficient (Wildman–Crippen LogP) is 1.64. The lowest BCUT2D eigenvalue weighted by Crippen LogP contribution is -2.00. The van der Waals surface area contributed by atoms with Crippen molar-refractivity contribution in [2.45, 2.75) is 11.8 Å². The third-order valence-electron chi connectivity index (χ3n) is 2.50. The van der Waals surface area contributed by atoms with Crippen LogP contribution in [0.5, 0.6) is 0 Å². The first-order chi connectivity index (χ1) is 7.89. The molecule has 1 aromatic carbocycles. The molecule has 0 unspecified atom stereocenters. The van der Waals surface area contributed by atoms with E-state index in [1.54, 1.807) is 25.1 Å². The van der Waals surface area contributed by atoms with Crippen LogP contribution in [0.25, 0.3) is 11.1 Å². The summed E-state index contributed by atoms with van der Waals surface area (Å²) in [5.41, 5.74) is 7.56. The van der Waals surface area contributed by atoms with E-state index in [-0.39, 0.29) is 10.8 Å². The number of anilines is 1. The molecule has 6 heteroatoms. The summed E-state index contributed by atoms with van der Waals surface area (Å²) in [6, 6.07) is 5.10. The second-order valence-corrected chi connectivity index (χ2v) is 5.84. The number of hydrogen-bond acceptors (Lipinski definition) is 5. The zero-order valence-corrected chi connectivity index (χ0v) is 10.3. The first-order valence-electron chi connectivity index (χ1n) is 4.91. The predicted molar refractivity (Wildman–Crippen MR) is 64.2 cm³/mol. The van der Waals surface area contributed by atoms with E-state index in [1.165, 1.54) is 12.5 Å². The molecule has 0 spiro atoms. The number of nitrogens with zero attached hydrogens (tertiary/aromatic N) is 1. The monoisotopic (exact) mass is 252 g/mol. The molecule has 5 nitrogen and oxygen atoms in total. The highest BCUT2D eigenvalue weighted by molar-refractivity contribution is 7.90. The van der Waals surface area contributed by atoms with Crippen LogP contribution in [0.1, 0.15) is 5.56 Å². The standard InChI is InChI=1S/C11H12N2O3S/c1-7-3-4-8(5-10(7)17(2,14)15)9-6-13-16-11(9)12/h3-6H,12H2,1-2H3. The Kier molecular flexibility index (Phi) is 2.66. The molecule has 0 amide bonds. The summed E-state index contributed by atoms with van der Waals surface area (Å²) in [7, 11) is -3.25. The Balaban J connectivity index is 2.64. The minimum Gasteiger partial charge on any atom is -0.367 e. The van der Waals surface area contributed by atoms with Crippen LogP contribution < -0.4 is 5.73 Å². The first kappa shape index (κ1) is 11.7. The van der Waals surface area contributed by atoms with E-state index >= 15 is 0 Å². The maximum atomic E-state index is 11.6. The minimum atomic E-state index is -3.25. The van der Waals surface area contributed by atoms with Crippen LogP contribution in [-0.4, -0.2) is 19.8 Å². The van der Waals surface area contributed by atoms with Crippen molar-refractivity contribution >= 4 is 15.7 Å². The molecule has 90 valence electrons. The molecular weight excluding hydrogens is 240 g/mol. The van der Waals surface area contributed by atoms with Gasteiger partial charge in [-0.1, -0.05) is 17.3 Å². The van der Waals surface area contributed by atoms with Crippen LogP contribution >= 0.6 is 0 Å². The molecule has 0 fully saturated rings. The van der Waals surface area contributed by atoms with Gasteiger partial charge in [0, 0.05) is 6.26 Å². The van der Waals surface area contributed by atoms with Crippen molar-refractivity contribution in [3.05, 3.63) is 30.0 Å². The normalized spacial score (nSPS) is 11.6. The Labute approximate surface area is 99.1 Å². The number of nitrogen functional groups attached to an aromatic ring is 1. The van der Waals surface area contributed by atoms with Crippen LogP contribution in [-0.2, 0) is 9.84 Å². The highest BCUT2D eigenvalue weighted by Crippen LogP contribution is 2.28. The average Bonchev–Trinajstić information content (AvgIpc) is 2.63.